The predicted octanol–water partition coefficient (Wildman–Crippen LogP) is 4.84. The molecule has 0 aliphatic rings. The van der Waals surface area contributed by atoms with Crippen molar-refractivity contribution in [3.8, 4) is 5.75 Å². The van der Waals surface area contributed by atoms with E-state index in [2.05, 4.69) is 58.1 Å². The van der Waals surface area contributed by atoms with Crippen LogP contribution in [0.4, 0.5) is 0 Å². The van der Waals surface area contributed by atoms with Crippen LogP contribution in [0.5, 0.6) is 5.75 Å². The molecular formula is C19H33NO. The lowest BCUT2D eigenvalue weighted by Crippen LogP contribution is -2.23. The van der Waals surface area contributed by atoms with Gasteiger partial charge in [0.05, 0.1) is 0 Å². The minimum atomic E-state index is 0.122. The molecule has 120 valence electrons. The molecule has 2 nitrogen and oxygen atoms in total. The van der Waals surface area contributed by atoms with E-state index in [9.17, 15) is 0 Å². The summed E-state index contributed by atoms with van der Waals surface area (Å²) in [5.41, 5.74) is 2.66. The summed E-state index contributed by atoms with van der Waals surface area (Å²) >= 11 is 0. The molecule has 0 atom stereocenters. The van der Waals surface area contributed by atoms with Gasteiger partial charge in [-0.05, 0) is 42.5 Å². The lowest BCUT2D eigenvalue weighted by Gasteiger charge is -2.23. The van der Waals surface area contributed by atoms with Gasteiger partial charge in [-0.1, -0.05) is 59.1 Å². The number of benzene rings is 1. The van der Waals surface area contributed by atoms with Gasteiger partial charge in [-0.2, -0.15) is 0 Å². The summed E-state index contributed by atoms with van der Waals surface area (Å²) in [5.74, 6) is 1.04. The Morgan fingerprint density at radius 3 is 2.48 bits per heavy atom. The van der Waals surface area contributed by atoms with Gasteiger partial charge in [-0.15, -0.1) is 0 Å². The quantitative estimate of drug-likeness (QED) is 0.657. The third-order valence-corrected chi connectivity index (χ3v) is 3.69. The molecule has 2 heteroatoms. The molecular weight excluding hydrogens is 258 g/mol. The average Bonchev–Trinajstić information content (AvgIpc) is 2.40. The van der Waals surface area contributed by atoms with Crippen LogP contribution in [-0.2, 0) is 5.41 Å². The van der Waals surface area contributed by atoms with Crippen molar-refractivity contribution >= 4 is 0 Å². The maximum Gasteiger partial charge on any atom is 0.123 e. The summed E-state index contributed by atoms with van der Waals surface area (Å²) in [6.45, 7) is 13.8. The van der Waals surface area contributed by atoms with E-state index in [1.54, 1.807) is 0 Å². The minimum Gasteiger partial charge on any atom is -0.492 e. The van der Waals surface area contributed by atoms with Gasteiger partial charge in [0.15, 0.2) is 0 Å². The molecule has 0 unspecified atom stereocenters. The fourth-order valence-electron chi connectivity index (χ4n) is 2.40. The first-order chi connectivity index (χ1) is 9.95. The molecule has 0 aliphatic heterocycles. The SMILES string of the molecule is CCCCCCNCCOc1cc(C)ccc1C(C)(C)C. The van der Waals surface area contributed by atoms with E-state index in [4.69, 9.17) is 4.74 Å². The van der Waals surface area contributed by atoms with Crippen molar-refractivity contribution in [2.24, 2.45) is 0 Å². The number of ether oxygens (including phenoxy) is 1. The first-order valence-electron chi connectivity index (χ1n) is 8.40. The average molecular weight is 291 g/mol. The molecule has 1 N–H and O–H groups in total. The van der Waals surface area contributed by atoms with E-state index in [0.29, 0.717) is 0 Å². The molecule has 0 fully saturated rings. The zero-order chi connectivity index (χ0) is 15.7. The minimum absolute atomic E-state index is 0.122. The summed E-state index contributed by atoms with van der Waals surface area (Å²) in [7, 11) is 0. The molecule has 0 spiro atoms. The summed E-state index contributed by atoms with van der Waals surface area (Å²) in [5, 5.41) is 3.46. The topological polar surface area (TPSA) is 21.3 Å². The van der Waals surface area contributed by atoms with Gasteiger partial charge in [-0.3, -0.25) is 0 Å². The highest BCUT2D eigenvalue weighted by Crippen LogP contribution is 2.31. The number of rotatable bonds is 9. The van der Waals surface area contributed by atoms with Gasteiger partial charge in [0.25, 0.3) is 0 Å². The van der Waals surface area contributed by atoms with E-state index in [1.807, 2.05) is 0 Å². The monoisotopic (exact) mass is 291 g/mol. The summed E-state index contributed by atoms with van der Waals surface area (Å²) < 4.78 is 6.01. The highest BCUT2D eigenvalue weighted by Gasteiger charge is 2.18. The van der Waals surface area contributed by atoms with Crippen LogP contribution in [0.2, 0.25) is 0 Å². The zero-order valence-corrected chi connectivity index (χ0v) is 14.6. The van der Waals surface area contributed by atoms with Gasteiger partial charge in [0.1, 0.15) is 12.4 Å². The third kappa shape index (κ3) is 6.99. The molecule has 0 aromatic heterocycles. The van der Waals surface area contributed by atoms with Crippen molar-refractivity contribution in [3.63, 3.8) is 0 Å². The Balaban J connectivity index is 2.36. The number of hydrogen-bond donors (Lipinski definition) is 1. The molecule has 0 heterocycles. The smallest absolute Gasteiger partial charge is 0.123 e. The molecule has 0 radical (unpaired) electrons. The van der Waals surface area contributed by atoms with Gasteiger partial charge >= 0.3 is 0 Å². The highest BCUT2D eigenvalue weighted by atomic mass is 16.5. The van der Waals surface area contributed by atoms with Gasteiger partial charge in [0.2, 0.25) is 0 Å². The Morgan fingerprint density at radius 1 is 1.05 bits per heavy atom. The summed E-state index contributed by atoms with van der Waals surface area (Å²) in [6.07, 6.45) is 5.24. The van der Waals surface area contributed by atoms with Crippen LogP contribution in [0.1, 0.15) is 64.5 Å². The van der Waals surface area contributed by atoms with Crippen LogP contribution >= 0.6 is 0 Å². The number of hydrogen-bond acceptors (Lipinski definition) is 2. The van der Waals surface area contributed by atoms with Crippen molar-refractivity contribution in [3.05, 3.63) is 29.3 Å². The van der Waals surface area contributed by atoms with Crippen molar-refractivity contribution in [1.82, 2.24) is 5.32 Å². The normalized spacial score (nSPS) is 11.7. The van der Waals surface area contributed by atoms with E-state index >= 15 is 0 Å². The van der Waals surface area contributed by atoms with Crippen LogP contribution in [0.3, 0.4) is 0 Å². The number of aryl methyl sites for hydroxylation is 1. The molecule has 1 rings (SSSR count). The van der Waals surface area contributed by atoms with Crippen LogP contribution < -0.4 is 10.1 Å². The van der Waals surface area contributed by atoms with E-state index in [1.165, 1.54) is 36.8 Å². The molecule has 21 heavy (non-hydrogen) atoms. The molecule has 0 aliphatic carbocycles. The largest absolute Gasteiger partial charge is 0.492 e. The number of nitrogens with one attached hydrogen (secondary N) is 1. The lowest BCUT2D eigenvalue weighted by atomic mass is 9.86. The molecule has 0 saturated heterocycles. The van der Waals surface area contributed by atoms with Crippen LogP contribution in [0.15, 0.2) is 18.2 Å². The number of unbranched alkanes of at least 4 members (excludes halogenated alkanes) is 3. The molecule has 0 amide bonds. The predicted molar refractivity (Wildman–Crippen MR) is 92.4 cm³/mol. The van der Waals surface area contributed by atoms with Crippen molar-refractivity contribution in [2.45, 2.75) is 65.7 Å². The second kappa shape index (κ2) is 9.09. The zero-order valence-electron chi connectivity index (χ0n) is 14.6. The Hall–Kier alpha value is -1.02. The van der Waals surface area contributed by atoms with Gasteiger partial charge in [-0.25, -0.2) is 0 Å². The molecule has 1 aromatic carbocycles. The Morgan fingerprint density at radius 2 is 1.81 bits per heavy atom. The standard InChI is InChI=1S/C19H33NO/c1-6-7-8-9-12-20-13-14-21-18-15-16(2)10-11-17(18)19(3,4)5/h10-11,15,20H,6-9,12-14H2,1-5H3. The van der Waals surface area contributed by atoms with Crippen LogP contribution in [0.25, 0.3) is 0 Å². The van der Waals surface area contributed by atoms with Gasteiger partial charge < -0.3 is 10.1 Å². The Labute approximate surface area is 131 Å². The maximum atomic E-state index is 6.01. The third-order valence-electron chi connectivity index (χ3n) is 3.69. The Kier molecular flexibility index (Phi) is 7.81. The second-order valence-corrected chi connectivity index (χ2v) is 6.91. The summed E-state index contributed by atoms with van der Waals surface area (Å²) in [4.78, 5) is 0. The molecule has 1 aromatic rings. The van der Waals surface area contributed by atoms with E-state index in [0.717, 1.165) is 25.4 Å². The van der Waals surface area contributed by atoms with E-state index in [-0.39, 0.29) is 5.41 Å². The lowest BCUT2D eigenvalue weighted by molar-refractivity contribution is 0.305. The Bertz CT molecular complexity index is 407. The first kappa shape index (κ1) is 18.0. The highest BCUT2D eigenvalue weighted by molar-refractivity contribution is 5.41. The van der Waals surface area contributed by atoms with Crippen molar-refractivity contribution in [1.29, 1.82) is 0 Å². The van der Waals surface area contributed by atoms with E-state index < -0.39 is 0 Å². The molecule has 0 saturated carbocycles. The van der Waals surface area contributed by atoms with Crippen molar-refractivity contribution < 1.29 is 4.74 Å². The first-order valence-corrected chi connectivity index (χ1v) is 8.40. The maximum absolute atomic E-state index is 6.01. The van der Waals surface area contributed by atoms with Gasteiger partial charge in [0, 0.05) is 6.54 Å². The second-order valence-electron chi connectivity index (χ2n) is 6.91. The summed E-state index contributed by atoms with van der Waals surface area (Å²) in [6, 6.07) is 6.52. The van der Waals surface area contributed by atoms with Crippen molar-refractivity contribution in [2.75, 3.05) is 19.7 Å². The molecule has 0 bridgehead atoms. The van der Waals surface area contributed by atoms with Crippen LogP contribution in [0, 0.1) is 6.92 Å². The fourth-order valence-corrected chi connectivity index (χ4v) is 2.40. The van der Waals surface area contributed by atoms with Crippen LogP contribution in [-0.4, -0.2) is 19.7 Å². The fraction of sp³-hybridized carbons (Fsp3) is 0.684.